The summed E-state index contributed by atoms with van der Waals surface area (Å²) in [5, 5.41) is 9.26. The minimum Gasteiger partial charge on any atom is -0.496 e. The van der Waals surface area contributed by atoms with Gasteiger partial charge in [-0.05, 0) is 46.3 Å². The van der Waals surface area contributed by atoms with Crippen LogP contribution in [0, 0.1) is 0 Å². The van der Waals surface area contributed by atoms with Crippen molar-refractivity contribution in [1.29, 1.82) is 0 Å². The quantitative estimate of drug-likeness (QED) is 0.250. The molecule has 0 amide bonds. The van der Waals surface area contributed by atoms with Crippen LogP contribution in [0.3, 0.4) is 0 Å². The second-order valence-electron chi connectivity index (χ2n) is 5.97. The fourth-order valence-corrected chi connectivity index (χ4v) is 4.15. The molecule has 1 aromatic heterocycles. The Morgan fingerprint density at radius 3 is 2.62 bits per heavy atom. The fourth-order valence-electron chi connectivity index (χ4n) is 2.77. The van der Waals surface area contributed by atoms with Crippen molar-refractivity contribution in [2.75, 3.05) is 20.0 Å². The number of carbonyl (C=O) groups is 1. The summed E-state index contributed by atoms with van der Waals surface area (Å²) in [6.07, 6.45) is 1.77. The molecular formula is C21H20BrN3O3S. The normalized spacial score (nSPS) is 10.6. The van der Waals surface area contributed by atoms with Crippen molar-refractivity contribution in [3.63, 3.8) is 0 Å². The number of aromatic nitrogens is 3. The van der Waals surface area contributed by atoms with Crippen LogP contribution in [0.25, 0.3) is 11.4 Å². The van der Waals surface area contributed by atoms with E-state index in [1.165, 1.54) is 11.8 Å². The van der Waals surface area contributed by atoms with E-state index in [0.29, 0.717) is 34.6 Å². The third kappa shape index (κ3) is 4.71. The summed E-state index contributed by atoms with van der Waals surface area (Å²) in [6.45, 7) is 4.34. The standard InChI is InChI=1S/C21H20BrN3O3S/c1-4-11-25-20(15-7-5-6-8-18(15)27-2)23-24-21(25)29-13-17(26)14-9-10-19(28-3)16(22)12-14/h4-10,12H,1,11,13H2,2-3H3. The maximum Gasteiger partial charge on any atom is 0.192 e. The zero-order chi connectivity index (χ0) is 20.8. The number of para-hydroxylation sites is 1. The van der Waals surface area contributed by atoms with Gasteiger partial charge in [-0.1, -0.05) is 30.0 Å². The van der Waals surface area contributed by atoms with Gasteiger partial charge in [0.15, 0.2) is 16.8 Å². The van der Waals surface area contributed by atoms with Crippen molar-refractivity contribution in [3.05, 3.63) is 65.2 Å². The predicted molar refractivity (Wildman–Crippen MR) is 118 cm³/mol. The summed E-state index contributed by atoms with van der Waals surface area (Å²) >= 11 is 4.75. The molecule has 0 N–H and O–H groups in total. The molecule has 3 aromatic rings. The number of Topliss-reactive ketones (excluding diaryl/α,β-unsaturated/α-hetero) is 1. The van der Waals surface area contributed by atoms with Gasteiger partial charge in [0.25, 0.3) is 0 Å². The lowest BCUT2D eigenvalue weighted by atomic mass is 10.1. The summed E-state index contributed by atoms with van der Waals surface area (Å²) in [6, 6.07) is 12.9. The van der Waals surface area contributed by atoms with E-state index in [-0.39, 0.29) is 11.5 Å². The first-order chi connectivity index (χ1) is 14.1. The van der Waals surface area contributed by atoms with E-state index in [1.54, 1.807) is 38.5 Å². The molecular weight excluding hydrogens is 454 g/mol. The molecule has 150 valence electrons. The number of ether oxygens (including phenoxy) is 2. The van der Waals surface area contributed by atoms with Crippen LogP contribution < -0.4 is 9.47 Å². The van der Waals surface area contributed by atoms with Gasteiger partial charge in [0.1, 0.15) is 11.5 Å². The lowest BCUT2D eigenvalue weighted by molar-refractivity contribution is 0.102. The molecule has 0 fully saturated rings. The van der Waals surface area contributed by atoms with E-state index in [4.69, 9.17) is 9.47 Å². The van der Waals surface area contributed by atoms with E-state index in [2.05, 4.69) is 32.7 Å². The Morgan fingerprint density at radius 1 is 1.17 bits per heavy atom. The second-order valence-corrected chi connectivity index (χ2v) is 7.76. The molecule has 8 heteroatoms. The summed E-state index contributed by atoms with van der Waals surface area (Å²) in [5.41, 5.74) is 1.44. The predicted octanol–water partition coefficient (Wildman–Crippen LogP) is 4.89. The highest BCUT2D eigenvalue weighted by Gasteiger charge is 2.18. The molecule has 0 aliphatic rings. The fraction of sp³-hybridized carbons (Fsp3) is 0.190. The second kappa shape index (κ2) is 9.76. The van der Waals surface area contributed by atoms with Crippen LogP contribution in [0.15, 0.2) is 64.7 Å². The smallest absolute Gasteiger partial charge is 0.192 e. The molecule has 0 aliphatic carbocycles. The minimum absolute atomic E-state index is 0.00894. The third-order valence-electron chi connectivity index (χ3n) is 4.18. The Bertz CT molecular complexity index is 1040. The maximum absolute atomic E-state index is 12.6. The Balaban J connectivity index is 1.82. The summed E-state index contributed by atoms with van der Waals surface area (Å²) < 4.78 is 13.3. The van der Waals surface area contributed by atoms with Gasteiger partial charge in [0.05, 0.1) is 30.0 Å². The average Bonchev–Trinajstić information content (AvgIpc) is 3.14. The number of rotatable bonds is 9. The Kier molecular flexibility index (Phi) is 7.11. The van der Waals surface area contributed by atoms with Gasteiger partial charge >= 0.3 is 0 Å². The highest BCUT2D eigenvalue weighted by Crippen LogP contribution is 2.31. The number of halogens is 1. The number of allylic oxidation sites excluding steroid dienone is 1. The number of thioether (sulfide) groups is 1. The number of benzene rings is 2. The summed E-state index contributed by atoms with van der Waals surface area (Å²) in [5.74, 6) is 2.29. The van der Waals surface area contributed by atoms with Crippen LogP contribution in [0.4, 0.5) is 0 Å². The molecule has 2 aromatic carbocycles. The van der Waals surface area contributed by atoms with Crippen LogP contribution in [-0.2, 0) is 6.54 Å². The number of hydrogen-bond acceptors (Lipinski definition) is 6. The third-order valence-corrected chi connectivity index (χ3v) is 5.77. The molecule has 0 bridgehead atoms. The van der Waals surface area contributed by atoms with Gasteiger partial charge in [-0.15, -0.1) is 16.8 Å². The Hall–Kier alpha value is -2.58. The highest BCUT2D eigenvalue weighted by molar-refractivity contribution is 9.10. The molecule has 3 rings (SSSR count). The lowest BCUT2D eigenvalue weighted by Gasteiger charge is -2.10. The van der Waals surface area contributed by atoms with E-state index in [0.717, 1.165) is 10.0 Å². The SMILES string of the molecule is C=CCn1c(SCC(=O)c2ccc(OC)c(Br)c2)nnc1-c1ccccc1OC. The van der Waals surface area contributed by atoms with Gasteiger partial charge in [0.2, 0.25) is 0 Å². The van der Waals surface area contributed by atoms with Crippen LogP contribution in [-0.4, -0.2) is 40.5 Å². The van der Waals surface area contributed by atoms with E-state index >= 15 is 0 Å². The van der Waals surface area contributed by atoms with Gasteiger partial charge in [-0.2, -0.15) is 0 Å². The van der Waals surface area contributed by atoms with E-state index < -0.39 is 0 Å². The average molecular weight is 474 g/mol. The Labute approximate surface area is 182 Å². The molecule has 6 nitrogen and oxygen atoms in total. The van der Waals surface area contributed by atoms with Gasteiger partial charge in [0, 0.05) is 12.1 Å². The molecule has 0 saturated carbocycles. The van der Waals surface area contributed by atoms with Gasteiger partial charge in [-0.25, -0.2) is 0 Å². The number of carbonyl (C=O) groups excluding carboxylic acids is 1. The molecule has 0 spiro atoms. The first-order valence-corrected chi connectivity index (χ1v) is 10.5. The van der Waals surface area contributed by atoms with Crippen LogP contribution in [0.2, 0.25) is 0 Å². The number of methoxy groups -OCH3 is 2. The lowest BCUT2D eigenvalue weighted by Crippen LogP contribution is -2.06. The largest absolute Gasteiger partial charge is 0.496 e. The van der Waals surface area contributed by atoms with Gasteiger partial charge in [-0.3, -0.25) is 9.36 Å². The van der Waals surface area contributed by atoms with Crippen LogP contribution in [0.1, 0.15) is 10.4 Å². The number of nitrogens with zero attached hydrogens (tertiary/aromatic N) is 3. The molecule has 0 unspecified atom stereocenters. The molecule has 29 heavy (non-hydrogen) atoms. The molecule has 0 aliphatic heterocycles. The van der Waals surface area contributed by atoms with Crippen molar-refractivity contribution in [2.45, 2.75) is 11.7 Å². The topological polar surface area (TPSA) is 66.2 Å². The van der Waals surface area contributed by atoms with Crippen molar-refractivity contribution in [2.24, 2.45) is 0 Å². The maximum atomic E-state index is 12.6. The molecule has 0 radical (unpaired) electrons. The summed E-state index contributed by atoms with van der Waals surface area (Å²) in [4.78, 5) is 12.6. The first kappa shape index (κ1) is 21.1. The van der Waals surface area contributed by atoms with Gasteiger partial charge < -0.3 is 9.47 Å². The van der Waals surface area contributed by atoms with Crippen molar-refractivity contribution >= 4 is 33.5 Å². The molecule has 1 heterocycles. The molecule has 0 atom stereocenters. The Morgan fingerprint density at radius 2 is 1.93 bits per heavy atom. The van der Waals surface area contributed by atoms with Crippen LogP contribution in [0.5, 0.6) is 11.5 Å². The summed E-state index contributed by atoms with van der Waals surface area (Å²) in [7, 11) is 3.21. The zero-order valence-corrected chi connectivity index (χ0v) is 18.5. The number of hydrogen-bond donors (Lipinski definition) is 0. The molecule has 0 saturated heterocycles. The van der Waals surface area contributed by atoms with E-state index in [9.17, 15) is 4.79 Å². The van der Waals surface area contributed by atoms with Crippen molar-refractivity contribution in [1.82, 2.24) is 14.8 Å². The monoisotopic (exact) mass is 473 g/mol. The van der Waals surface area contributed by atoms with Crippen molar-refractivity contribution < 1.29 is 14.3 Å². The van der Waals surface area contributed by atoms with Crippen LogP contribution >= 0.6 is 27.7 Å². The first-order valence-electron chi connectivity index (χ1n) is 8.76. The number of ketones is 1. The zero-order valence-electron chi connectivity index (χ0n) is 16.1. The highest BCUT2D eigenvalue weighted by atomic mass is 79.9. The minimum atomic E-state index is -0.00894. The van der Waals surface area contributed by atoms with E-state index in [1.807, 2.05) is 28.8 Å². The van der Waals surface area contributed by atoms with Crippen molar-refractivity contribution in [3.8, 4) is 22.9 Å².